The molecule has 0 radical (unpaired) electrons. The van der Waals surface area contributed by atoms with Gasteiger partial charge in [-0.3, -0.25) is 0 Å². The molecular weight excluding hydrogens is 178 g/mol. The van der Waals surface area contributed by atoms with Gasteiger partial charge in [-0.2, -0.15) is 0 Å². The van der Waals surface area contributed by atoms with E-state index >= 15 is 0 Å². The van der Waals surface area contributed by atoms with Gasteiger partial charge in [0.25, 0.3) is 0 Å². The highest BCUT2D eigenvalue weighted by atomic mass is 16.4. The monoisotopic (exact) mass is 199 g/mol. The van der Waals surface area contributed by atoms with Crippen molar-refractivity contribution in [3.8, 4) is 0 Å². The van der Waals surface area contributed by atoms with Gasteiger partial charge in [0, 0.05) is 18.8 Å². The van der Waals surface area contributed by atoms with Crippen molar-refractivity contribution in [2.75, 3.05) is 13.1 Å². The third-order valence-electron chi connectivity index (χ3n) is 2.44. The molecule has 0 amide bonds. The average molecular weight is 199 g/mol. The quantitative estimate of drug-likeness (QED) is 0.668. The number of carboxylic acid groups (broad SMARTS) is 1. The van der Waals surface area contributed by atoms with Crippen molar-refractivity contribution in [3.05, 3.63) is 11.3 Å². The zero-order chi connectivity index (χ0) is 11.1. The van der Waals surface area contributed by atoms with Gasteiger partial charge in [-0.05, 0) is 26.7 Å². The fourth-order valence-electron chi connectivity index (χ4n) is 1.71. The predicted octanol–water partition coefficient (Wildman–Crippen LogP) is 2.49. The van der Waals surface area contributed by atoms with Crippen LogP contribution in [0.2, 0.25) is 0 Å². The number of allylic oxidation sites excluding steroid dienone is 1. The van der Waals surface area contributed by atoms with Crippen molar-refractivity contribution >= 4 is 5.97 Å². The smallest absolute Gasteiger partial charge is 0.333 e. The molecule has 0 heterocycles. The summed E-state index contributed by atoms with van der Waals surface area (Å²) >= 11 is 0. The Labute approximate surface area is 86.4 Å². The highest BCUT2D eigenvalue weighted by Crippen LogP contribution is 2.17. The Morgan fingerprint density at radius 1 is 1.07 bits per heavy atom. The fraction of sp³-hybridized carbons (Fsp3) is 0.727. The molecule has 82 valence electrons. The Bertz CT molecular complexity index is 217. The summed E-state index contributed by atoms with van der Waals surface area (Å²) in [7, 11) is 0. The second-order valence-electron chi connectivity index (χ2n) is 3.11. The van der Waals surface area contributed by atoms with Crippen molar-refractivity contribution < 1.29 is 9.90 Å². The topological polar surface area (TPSA) is 40.5 Å². The average Bonchev–Trinajstić information content (AvgIpc) is 2.17. The van der Waals surface area contributed by atoms with Crippen LogP contribution in [0.3, 0.4) is 0 Å². The summed E-state index contributed by atoms with van der Waals surface area (Å²) in [6.07, 6.45) is 1.38. The minimum absolute atomic E-state index is 0.552. The summed E-state index contributed by atoms with van der Waals surface area (Å²) in [6.45, 7) is 9.74. The van der Waals surface area contributed by atoms with Crippen LogP contribution in [0.5, 0.6) is 0 Å². The van der Waals surface area contributed by atoms with Gasteiger partial charge >= 0.3 is 5.97 Å². The third-order valence-corrected chi connectivity index (χ3v) is 2.44. The normalized spacial score (nSPS) is 12.3. The second kappa shape index (κ2) is 6.46. The number of hydrogen-bond acceptors (Lipinski definition) is 2. The number of carboxylic acids is 1. The Morgan fingerprint density at radius 3 is 1.79 bits per heavy atom. The summed E-state index contributed by atoms with van der Waals surface area (Å²) in [5.74, 6) is -0.781. The maximum Gasteiger partial charge on any atom is 0.333 e. The summed E-state index contributed by atoms with van der Waals surface area (Å²) in [5.41, 5.74) is 1.53. The molecule has 3 nitrogen and oxygen atoms in total. The van der Waals surface area contributed by atoms with Gasteiger partial charge in [-0.15, -0.1) is 0 Å². The molecule has 0 fully saturated rings. The molecule has 0 bridgehead atoms. The van der Waals surface area contributed by atoms with Crippen molar-refractivity contribution in [2.24, 2.45) is 0 Å². The van der Waals surface area contributed by atoms with E-state index in [2.05, 4.69) is 4.90 Å². The lowest BCUT2D eigenvalue weighted by molar-refractivity contribution is -0.133. The minimum Gasteiger partial charge on any atom is -0.478 e. The van der Waals surface area contributed by atoms with Gasteiger partial charge in [0.2, 0.25) is 0 Å². The van der Waals surface area contributed by atoms with Gasteiger partial charge in [0.15, 0.2) is 0 Å². The van der Waals surface area contributed by atoms with Gasteiger partial charge in [0.1, 0.15) is 0 Å². The summed E-state index contributed by atoms with van der Waals surface area (Å²) in [4.78, 5) is 13.1. The molecule has 0 rings (SSSR count). The maximum absolute atomic E-state index is 11.0. The van der Waals surface area contributed by atoms with Crippen LogP contribution in [0, 0.1) is 0 Å². The Balaban J connectivity index is 5.04. The van der Waals surface area contributed by atoms with Crippen LogP contribution in [0.15, 0.2) is 11.3 Å². The molecule has 0 aliphatic heterocycles. The number of aliphatic carboxylic acids is 1. The lowest BCUT2D eigenvalue weighted by Crippen LogP contribution is -2.25. The van der Waals surface area contributed by atoms with Crippen LogP contribution in [0.25, 0.3) is 0 Å². The standard InChI is InChI=1S/C11H21NO2/c1-5-9(11(13)14)10(6-2)12(7-3)8-4/h5-8H2,1-4H3,(H,13,14). The molecular formula is C11H21NO2. The van der Waals surface area contributed by atoms with Crippen LogP contribution >= 0.6 is 0 Å². The number of hydrogen-bond donors (Lipinski definition) is 1. The van der Waals surface area contributed by atoms with Gasteiger partial charge in [-0.1, -0.05) is 13.8 Å². The molecule has 0 spiro atoms. The summed E-state index contributed by atoms with van der Waals surface area (Å²) < 4.78 is 0. The van der Waals surface area contributed by atoms with Crippen LogP contribution in [-0.4, -0.2) is 29.1 Å². The number of nitrogens with zero attached hydrogens (tertiary/aromatic N) is 1. The lowest BCUT2D eigenvalue weighted by Gasteiger charge is -2.25. The second-order valence-corrected chi connectivity index (χ2v) is 3.11. The fourth-order valence-corrected chi connectivity index (χ4v) is 1.71. The van der Waals surface area contributed by atoms with E-state index in [1.54, 1.807) is 0 Å². The van der Waals surface area contributed by atoms with Gasteiger partial charge < -0.3 is 10.0 Å². The molecule has 0 unspecified atom stereocenters. The van der Waals surface area contributed by atoms with Crippen molar-refractivity contribution in [2.45, 2.75) is 40.5 Å². The first-order valence-corrected chi connectivity index (χ1v) is 5.32. The Kier molecular flexibility index (Phi) is 6.00. The zero-order valence-electron chi connectivity index (χ0n) is 9.63. The summed E-state index contributed by atoms with van der Waals surface area (Å²) in [5, 5.41) is 9.03. The van der Waals surface area contributed by atoms with Gasteiger partial charge in [-0.25, -0.2) is 4.79 Å². The molecule has 0 aliphatic carbocycles. The highest BCUT2D eigenvalue weighted by molar-refractivity contribution is 5.87. The van der Waals surface area contributed by atoms with Crippen molar-refractivity contribution in [1.82, 2.24) is 4.90 Å². The highest BCUT2D eigenvalue weighted by Gasteiger charge is 2.14. The Hall–Kier alpha value is -0.990. The predicted molar refractivity (Wildman–Crippen MR) is 58.2 cm³/mol. The molecule has 0 saturated heterocycles. The molecule has 0 saturated carbocycles. The third kappa shape index (κ3) is 3.05. The van der Waals surface area contributed by atoms with Crippen LogP contribution in [-0.2, 0) is 4.79 Å². The largest absolute Gasteiger partial charge is 0.478 e. The van der Waals surface area contributed by atoms with E-state index in [0.29, 0.717) is 12.0 Å². The molecule has 0 aromatic carbocycles. The molecule has 0 aliphatic rings. The van der Waals surface area contributed by atoms with E-state index in [1.165, 1.54) is 0 Å². The van der Waals surface area contributed by atoms with E-state index < -0.39 is 5.97 Å². The van der Waals surface area contributed by atoms with Crippen molar-refractivity contribution in [1.29, 1.82) is 0 Å². The lowest BCUT2D eigenvalue weighted by atomic mass is 10.1. The molecule has 0 atom stereocenters. The van der Waals surface area contributed by atoms with Crippen LogP contribution in [0.4, 0.5) is 0 Å². The maximum atomic E-state index is 11.0. The minimum atomic E-state index is -0.781. The van der Waals surface area contributed by atoms with E-state index in [0.717, 1.165) is 25.2 Å². The first-order chi connectivity index (χ1) is 6.62. The molecule has 3 heteroatoms. The van der Waals surface area contributed by atoms with E-state index in [4.69, 9.17) is 5.11 Å². The van der Waals surface area contributed by atoms with Crippen molar-refractivity contribution in [3.63, 3.8) is 0 Å². The number of carbonyl (C=O) groups is 1. The summed E-state index contributed by atoms with van der Waals surface area (Å²) in [6, 6.07) is 0. The Morgan fingerprint density at radius 2 is 1.57 bits per heavy atom. The van der Waals surface area contributed by atoms with E-state index in [9.17, 15) is 4.79 Å². The first-order valence-electron chi connectivity index (χ1n) is 5.32. The van der Waals surface area contributed by atoms with E-state index in [-0.39, 0.29) is 0 Å². The molecule has 14 heavy (non-hydrogen) atoms. The number of rotatable bonds is 6. The molecule has 1 N–H and O–H groups in total. The zero-order valence-corrected chi connectivity index (χ0v) is 9.63. The van der Waals surface area contributed by atoms with Crippen LogP contribution in [0.1, 0.15) is 40.5 Å². The van der Waals surface area contributed by atoms with E-state index in [1.807, 2.05) is 27.7 Å². The SMILES string of the molecule is CCC(C(=O)O)=C(CC)N(CC)CC. The molecule has 0 aromatic heterocycles. The van der Waals surface area contributed by atoms with Gasteiger partial charge in [0.05, 0.1) is 5.57 Å². The first kappa shape index (κ1) is 13.0. The van der Waals surface area contributed by atoms with Crippen LogP contribution < -0.4 is 0 Å². The molecule has 0 aromatic rings.